The molecule has 4 nitrogen and oxygen atoms in total. The van der Waals surface area contributed by atoms with Gasteiger partial charge in [-0.15, -0.1) is 0 Å². The van der Waals surface area contributed by atoms with Crippen molar-refractivity contribution in [3.8, 4) is 5.75 Å². The Labute approximate surface area is 142 Å². The maximum atomic E-state index is 10.1. The summed E-state index contributed by atoms with van der Waals surface area (Å²) in [6, 6.07) is 7.24. The molecule has 5 heterocycles. The van der Waals surface area contributed by atoms with Gasteiger partial charge in [-0.25, -0.2) is 0 Å². The first kappa shape index (κ1) is 14.6. The number of benzene rings is 1. The highest BCUT2D eigenvalue weighted by Crippen LogP contribution is 2.54. The van der Waals surface area contributed by atoms with Gasteiger partial charge in [-0.3, -0.25) is 4.90 Å². The molecule has 0 radical (unpaired) electrons. The fourth-order valence-corrected chi connectivity index (χ4v) is 5.47. The normalized spacial score (nSPS) is 35.5. The first-order valence-corrected chi connectivity index (χ1v) is 8.95. The second-order valence-electron chi connectivity index (χ2n) is 7.44. The summed E-state index contributed by atoms with van der Waals surface area (Å²) < 4.78 is 5.43. The van der Waals surface area contributed by atoms with E-state index in [0.29, 0.717) is 23.9 Å². The van der Waals surface area contributed by atoms with E-state index >= 15 is 0 Å². The van der Waals surface area contributed by atoms with Crippen LogP contribution in [0.25, 0.3) is 10.9 Å². The number of hydrogen-bond donors (Lipinski definition) is 2. The molecule has 0 amide bonds. The van der Waals surface area contributed by atoms with Crippen molar-refractivity contribution in [3.63, 3.8) is 0 Å². The number of H-pyrrole nitrogens is 1. The van der Waals surface area contributed by atoms with Gasteiger partial charge < -0.3 is 14.8 Å². The number of allylic oxidation sites excluding steroid dienone is 1. The van der Waals surface area contributed by atoms with E-state index in [0.717, 1.165) is 25.1 Å². The molecule has 4 aliphatic heterocycles. The van der Waals surface area contributed by atoms with Crippen molar-refractivity contribution in [1.29, 1.82) is 0 Å². The van der Waals surface area contributed by atoms with Gasteiger partial charge >= 0.3 is 0 Å². The van der Waals surface area contributed by atoms with E-state index in [4.69, 9.17) is 4.74 Å². The highest BCUT2D eigenvalue weighted by atomic mass is 16.5. The first-order valence-electron chi connectivity index (χ1n) is 8.95. The lowest BCUT2D eigenvalue weighted by atomic mass is 9.64. The summed E-state index contributed by atoms with van der Waals surface area (Å²) in [7, 11) is 1.72. The third-order valence-corrected chi connectivity index (χ3v) is 6.63. The quantitative estimate of drug-likeness (QED) is 0.835. The first-order chi connectivity index (χ1) is 11.7. The van der Waals surface area contributed by atoms with Crippen LogP contribution in [0.5, 0.6) is 5.75 Å². The molecule has 0 spiro atoms. The summed E-state index contributed by atoms with van der Waals surface area (Å²) in [5, 5.41) is 11.3. The summed E-state index contributed by atoms with van der Waals surface area (Å²) in [5.41, 5.74) is 5.56. The maximum Gasteiger partial charge on any atom is 0.119 e. The molecule has 24 heavy (non-hydrogen) atoms. The Morgan fingerprint density at radius 1 is 1.42 bits per heavy atom. The van der Waals surface area contributed by atoms with Gasteiger partial charge in [-0.05, 0) is 49.4 Å². The molecule has 6 rings (SSSR count). The number of rotatable bonds is 2. The summed E-state index contributed by atoms with van der Waals surface area (Å²) >= 11 is 0. The van der Waals surface area contributed by atoms with Gasteiger partial charge in [0.25, 0.3) is 0 Å². The Kier molecular flexibility index (Phi) is 3.10. The van der Waals surface area contributed by atoms with Gasteiger partial charge in [0.15, 0.2) is 0 Å². The standard InChI is InChI=1S/C20H24N2O2/c1-3-11-9-22-18-8-15-14-6-12(24-2)4-5-17(14)21-20(15)19(22)7-13(11)16(18)10-23/h3-6,13,16,18-19,21,23H,7-10H2,1-2H3/t13?,16?,18-,19-/m0/s1. The van der Waals surface area contributed by atoms with Crippen molar-refractivity contribution in [2.45, 2.75) is 31.8 Å². The van der Waals surface area contributed by atoms with E-state index < -0.39 is 0 Å². The summed E-state index contributed by atoms with van der Waals surface area (Å²) in [6.45, 7) is 3.49. The number of hydrogen-bond acceptors (Lipinski definition) is 3. The minimum atomic E-state index is 0.289. The number of fused-ring (bicyclic) bond motifs is 4. The predicted octanol–water partition coefficient (Wildman–Crippen LogP) is 3.03. The van der Waals surface area contributed by atoms with Crippen LogP contribution in [-0.2, 0) is 6.42 Å². The van der Waals surface area contributed by atoms with Crippen molar-refractivity contribution in [2.75, 3.05) is 20.3 Å². The number of aromatic amines is 1. The van der Waals surface area contributed by atoms with Crippen LogP contribution in [0.3, 0.4) is 0 Å². The second-order valence-corrected chi connectivity index (χ2v) is 7.44. The number of ether oxygens (including phenoxy) is 1. The molecule has 0 saturated carbocycles. The van der Waals surface area contributed by atoms with Crippen LogP contribution in [0.1, 0.15) is 30.6 Å². The van der Waals surface area contributed by atoms with Gasteiger partial charge in [0, 0.05) is 41.7 Å². The van der Waals surface area contributed by atoms with Crippen LogP contribution in [0.2, 0.25) is 0 Å². The molecule has 3 fully saturated rings. The topological polar surface area (TPSA) is 48.5 Å². The molecule has 2 N–H and O–H groups in total. The van der Waals surface area contributed by atoms with Crippen molar-refractivity contribution in [3.05, 3.63) is 41.1 Å². The van der Waals surface area contributed by atoms with Crippen molar-refractivity contribution >= 4 is 10.9 Å². The smallest absolute Gasteiger partial charge is 0.119 e. The van der Waals surface area contributed by atoms with E-state index in [1.165, 1.54) is 27.7 Å². The van der Waals surface area contributed by atoms with E-state index in [9.17, 15) is 5.11 Å². The van der Waals surface area contributed by atoms with Crippen LogP contribution in [-0.4, -0.2) is 41.3 Å². The minimum absolute atomic E-state index is 0.289. The number of aliphatic hydroxyl groups excluding tert-OH is 1. The molecule has 1 aromatic carbocycles. The summed E-state index contributed by atoms with van der Waals surface area (Å²) in [6.07, 6.45) is 4.42. The molecule has 2 aromatic rings. The number of nitrogens with zero attached hydrogens (tertiary/aromatic N) is 1. The molecule has 3 unspecified atom stereocenters. The Bertz CT molecular complexity index is 838. The Hall–Kier alpha value is -1.78. The van der Waals surface area contributed by atoms with Crippen LogP contribution < -0.4 is 4.74 Å². The van der Waals surface area contributed by atoms with Gasteiger partial charge in [0.2, 0.25) is 0 Å². The highest BCUT2D eigenvalue weighted by Gasteiger charge is 2.52. The fraction of sp³-hybridized carbons (Fsp3) is 0.500. The number of methoxy groups -OCH3 is 1. The third kappa shape index (κ3) is 1.76. The number of piperidine rings is 3. The maximum absolute atomic E-state index is 10.1. The molecular weight excluding hydrogens is 300 g/mol. The number of aliphatic hydroxyl groups is 1. The van der Waals surface area contributed by atoms with Crippen molar-refractivity contribution < 1.29 is 9.84 Å². The van der Waals surface area contributed by atoms with Crippen LogP contribution in [0.15, 0.2) is 29.8 Å². The van der Waals surface area contributed by atoms with Gasteiger partial charge in [0.05, 0.1) is 13.2 Å². The van der Waals surface area contributed by atoms with E-state index in [1.807, 2.05) is 6.07 Å². The van der Waals surface area contributed by atoms with E-state index in [1.54, 1.807) is 7.11 Å². The molecular formula is C20H24N2O2. The molecule has 4 aliphatic rings. The number of aromatic nitrogens is 1. The zero-order chi connectivity index (χ0) is 16.4. The number of nitrogens with one attached hydrogen (secondary N) is 1. The molecule has 3 saturated heterocycles. The van der Waals surface area contributed by atoms with Crippen LogP contribution in [0, 0.1) is 11.8 Å². The highest BCUT2D eigenvalue weighted by molar-refractivity contribution is 5.86. The molecule has 5 atom stereocenters. The SMILES string of the molecule is CC=C1CN2[C@H]3CC1C(CO)[C@@H]2Cc1c3[nH]c2ccc(OC)cc12. The lowest BCUT2D eigenvalue weighted by Crippen LogP contribution is -2.60. The zero-order valence-electron chi connectivity index (χ0n) is 14.2. The molecule has 1 aromatic heterocycles. The second kappa shape index (κ2) is 5.11. The van der Waals surface area contributed by atoms with E-state index in [-0.39, 0.29) is 6.61 Å². The van der Waals surface area contributed by atoms with Gasteiger partial charge in [-0.1, -0.05) is 11.6 Å². The monoisotopic (exact) mass is 324 g/mol. The zero-order valence-corrected chi connectivity index (χ0v) is 14.2. The van der Waals surface area contributed by atoms with Crippen molar-refractivity contribution in [1.82, 2.24) is 9.88 Å². The fourth-order valence-electron chi connectivity index (χ4n) is 5.47. The average molecular weight is 324 g/mol. The minimum Gasteiger partial charge on any atom is -0.497 e. The average Bonchev–Trinajstić information content (AvgIpc) is 2.99. The lowest BCUT2D eigenvalue weighted by Gasteiger charge is -2.58. The largest absolute Gasteiger partial charge is 0.497 e. The van der Waals surface area contributed by atoms with Crippen LogP contribution in [0.4, 0.5) is 0 Å². The molecule has 4 bridgehead atoms. The van der Waals surface area contributed by atoms with Crippen molar-refractivity contribution in [2.24, 2.45) is 11.8 Å². The molecule has 126 valence electrons. The Morgan fingerprint density at radius 3 is 3.04 bits per heavy atom. The van der Waals surface area contributed by atoms with Crippen LogP contribution >= 0.6 is 0 Å². The summed E-state index contributed by atoms with van der Waals surface area (Å²) in [5.74, 6) is 1.82. The third-order valence-electron chi connectivity index (χ3n) is 6.63. The van der Waals surface area contributed by atoms with Gasteiger partial charge in [0.1, 0.15) is 5.75 Å². The van der Waals surface area contributed by atoms with Gasteiger partial charge in [-0.2, -0.15) is 0 Å². The lowest BCUT2D eigenvalue weighted by molar-refractivity contribution is -0.0503. The van der Waals surface area contributed by atoms with E-state index in [2.05, 4.69) is 35.0 Å². The molecule has 0 aliphatic carbocycles. The predicted molar refractivity (Wildman–Crippen MR) is 94.2 cm³/mol. The Balaban J connectivity index is 1.66. The summed E-state index contributed by atoms with van der Waals surface area (Å²) in [4.78, 5) is 6.32. The Morgan fingerprint density at radius 2 is 2.29 bits per heavy atom. The molecule has 4 heteroatoms.